The fourth-order valence-electron chi connectivity index (χ4n) is 2.61. The molecular formula is C15H14BrN3O2. The van der Waals surface area contributed by atoms with E-state index in [0.717, 1.165) is 20.3 Å². The minimum Gasteiger partial charge on any atom is -0.348 e. The highest BCUT2D eigenvalue weighted by Crippen LogP contribution is 2.28. The summed E-state index contributed by atoms with van der Waals surface area (Å²) in [5.41, 5.74) is 1.80. The average molecular weight is 348 g/mol. The molecule has 108 valence electrons. The minimum atomic E-state index is -0.319. The van der Waals surface area contributed by atoms with Crippen molar-refractivity contribution < 1.29 is 0 Å². The Morgan fingerprint density at radius 3 is 2.19 bits per heavy atom. The highest BCUT2D eigenvalue weighted by Gasteiger charge is 2.17. The Bertz CT molecular complexity index is 962. The van der Waals surface area contributed by atoms with Gasteiger partial charge in [0, 0.05) is 31.8 Å². The molecule has 0 radical (unpaired) electrons. The third-order valence-electron chi connectivity index (χ3n) is 3.73. The molecule has 0 spiro atoms. The molecule has 0 unspecified atom stereocenters. The van der Waals surface area contributed by atoms with E-state index in [-0.39, 0.29) is 11.2 Å². The van der Waals surface area contributed by atoms with Gasteiger partial charge >= 0.3 is 5.69 Å². The topological polar surface area (TPSA) is 48.9 Å². The van der Waals surface area contributed by atoms with Crippen molar-refractivity contribution in [2.45, 2.75) is 0 Å². The quantitative estimate of drug-likeness (QED) is 0.676. The van der Waals surface area contributed by atoms with Gasteiger partial charge in [-0.15, -0.1) is 0 Å². The van der Waals surface area contributed by atoms with E-state index in [1.54, 1.807) is 7.05 Å². The highest BCUT2D eigenvalue weighted by molar-refractivity contribution is 9.10. The summed E-state index contributed by atoms with van der Waals surface area (Å²) in [4.78, 5) is 24.5. The molecule has 3 rings (SSSR count). The number of halogens is 1. The number of rotatable bonds is 1. The Morgan fingerprint density at radius 1 is 0.952 bits per heavy atom. The lowest BCUT2D eigenvalue weighted by Gasteiger charge is -2.06. The maximum absolute atomic E-state index is 12.5. The minimum absolute atomic E-state index is 0.272. The number of hydrogen-bond acceptors (Lipinski definition) is 2. The lowest BCUT2D eigenvalue weighted by Crippen LogP contribution is -2.36. The van der Waals surface area contributed by atoms with Crippen LogP contribution in [-0.2, 0) is 21.1 Å². The van der Waals surface area contributed by atoms with Gasteiger partial charge in [0.15, 0.2) is 0 Å². The monoisotopic (exact) mass is 347 g/mol. The highest BCUT2D eigenvalue weighted by atomic mass is 79.9. The number of aryl methyl sites for hydroxylation is 2. The lowest BCUT2D eigenvalue weighted by atomic mass is 10.1. The van der Waals surface area contributed by atoms with Gasteiger partial charge in [0.25, 0.3) is 5.56 Å². The first-order valence-electron chi connectivity index (χ1n) is 6.43. The molecule has 0 bridgehead atoms. The second kappa shape index (κ2) is 4.73. The van der Waals surface area contributed by atoms with E-state index in [9.17, 15) is 9.59 Å². The van der Waals surface area contributed by atoms with Crippen LogP contribution >= 0.6 is 15.9 Å². The van der Waals surface area contributed by atoms with Crippen LogP contribution in [0, 0.1) is 0 Å². The average Bonchev–Trinajstić information content (AvgIpc) is 2.81. The number of hydrogen-bond donors (Lipinski definition) is 0. The van der Waals surface area contributed by atoms with Crippen LogP contribution in [0.4, 0.5) is 0 Å². The number of nitrogens with zero attached hydrogens (tertiary/aromatic N) is 3. The Morgan fingerprint density at radius 2 is 1.57 bits per heavy atom. The molecular weight excluding hydrogens is 334 g/mol. The number of aromatic nitrogens is 3. The van der Waals surface area contributed by atoms with Crippen LogP contribution < -0.4 is 11.2 Å². The molecule has 1 aromatic carbocycles. The van der Waals surface area contributed by atoms with Crippen LogP contribution in [-0.4, -0.2) is 13.7 Å². The molecule has 6 heteroatoms. The molecule has 0 aliphatic heterocycles. The smallest absolute Gasteiger partial charge is 0.330 e. The zero-order valence-corrected chi connectivity index (χ0v) is 13.5. The van der Waals surface area contributed by atoms with Crippen LogP contribution in [0.5, 0.6) is 0 Å². The van der Waals surface area contributed by atoms with Gasteiger partial charge in [-0.3, -0.25) is 13.9 Å². The van der Waals surface area contributed by atoms with Crippen LogP contribution in [0.1, 0.15) is 0 Å². The molecule has 2 heterocycles. The Balaban J connectivity index is 2.50. The largest absolute Gasteiger partial charge is 0.348 e. The van der Waals surface area contributed by atoms with Gasteiger partial charge in [0.05, 0.1) is 16.6 Å². The Kier molecular flexibility index (Phi) is 3.13. The maximum atomic E-state index is 12.5. The van der Waals surface area contributed by atoms with Crippen LogP contribution in [0.25, 0.3) is 22.2 Å². The Hall–Kier alpha value is -2.08. The zero-order valence-electron chi connectivity index (χ0n) is 11.9. The van der Waals surface area contributed by atoms with E-state index in [1.165, 1.54) is 11.6 Å². The van der Waals surface area contributed by atoms with Gasteiger partial charge in [-0.1, -0.05) is 28.1 Å². The third-order valence-corrected chi connectivity index (χ3v) is 4.26. The van der Waals surface area contributed by atoms with E-state index in [2.05, 4.69) is 15.9 Å². The van der Waals surface area contributed by atoms with Crippen molar-refractivity contribution >= 4 is 26.8 Å². The van der Waals surface area contributed by atoms with Crippen LogP contribution in [0.2, 0.25) is 0 Å². The first kappa shape index (κ1) is 13.9. The van der Waals surface area contributed by atoms with Crippen molar-refractivity contribution in [2.75, 3.05) is 0 Å². The van der Waals surface area contributed by atoms with Crippen LogP contribution in [0.15, 0.2) is 44.5 Å². The molecule has 2 aromatic heterocycles. The standard InChI is InChI=1S/C15H14BrN3O2/c1-17-8-11-12(14(20)19(3)15(21)18(11)2)13(17)9-4-6-10(16)7-5-9/h4-8H,1-3H3. The molecule has 0 N–H and O–H groups in total. The molecule has 0 aliphatic rings. The lowest BCUT2D eigenvalue weighted by molar-refractivity contribution is 0.714. The molecule has 0 fully saturated rings. The molecule has 21 heavy (non-hydrogen) atoms. The van der Waals surface area contributed by atoms with E-state index in [0.29, 0.717) is 10.9 Å². The van der Waals surface area contributed by atoms with E-state index in [4.69, 9.17) is 0 Å². The predicted octanol–water partition coefficient (Wildman–Crippen LogP) is 2.01. The van der Waals surface area contributed by atoms with Crippen molar-refractivity contribution in [1.29, 1.82) is 0 Å². The first-order chi connectivity index (χ1) is 9.91. The second-order valence-electron chi connectivity index (χ2n) is 5.06. The second-order valence-corrected chi connectivity index (χ2v) is 5.98. The summed E-state index contributed by atoms with van der Waals surface area (Å²) >= 11 is 3.41. The Labute approximate surface area is 129 Å². The summed E-state index contributed by atoms with van der Waals surface area (Å²) in [6.07, 6.45) is 1.81. The van der Waals surface area contributed by atoms with Gasteiger partial charge in [-0.2, -0.15) is 0 Å². The maximum Gasteiger partial charge on any atom is 0.330 e. The SMILES string of the molecule is Cn1cc2c(c1-c1ccc(Br)cc1)c(=O)n(C)c(=O)n2C. The molecule has 0 amide bonds. The van der Waals surface area contributed by atoms with E-state index < -0.39 is 0 Å². The first-order valence-corrected chi connectivity index (χ1v) is 7.22. The third kappa shape index (κ3) is 1.98. The van der Waals surface area contributed by atoms with Gasteiger partial charge in [-0.25, -0.2) is 4.79 Å². The van der Waals surface area contributed by atoms with E-state index in [1.807, 2.05) is 42.1 Å². The molecule has 0 aliphatic carbocycles. The summed E-state index contributed by atoms with van der Waals surface area (Å²) in [5, 5.41) is 0.560. The van der Waals surface area contributed by atoms with Crippen molar-refractivity contribution in [3.8, 4) is 11.3 Å². The molecule has 0 saturated carbocycles. The summed E-state index contributed by atoms with van der Waals surface area (Å²) in [5.74, 6) is 0. The van der Waals surface area contributed by atoms with Crippen LogP contribution in [0.3, 0.4) is 0 Å². The molecule has 0 saturated heterocycles. The van der Waals surface area contributed by atoms with Gasteiger partial charge in [0.1, 0.15) is 0 Å². The van der Waals surface area contributed by atoms with E-state index >= 15 is 0 Å². The summed E-state index contributed by atoms with van der Waals surface area (Å²) in [7, 11) is 5.05. The van der Waals surface area contributed by atoms with Crippen molar-refractivity contribution in [1.82, 2.24) is 13.7 Å². The molecule has 5 nitrogen and oxygen atoms in total. The fraction of sp³-hybridized carbons (Fsp3) is 0.200. The summed E-state index contributed by atoms with van der Waals surface area (Å²) < 4.78 is 5.50. The fourth-order valence-corrected chi connectivity index (χ4v) is 2.88. The number of benzene rings is 1. The van der Waals surface area contributed by atoms with Crippen molar-refractivity contribution in [3.05, 3.63) is 55.8 Å². The molecule has 0 atom stereocenters. The van der Waals surface area contributed by atoms with Crippen molar-refractivity contribution in [3.63, 3.8) is 0 Å². The summed E-state index contributed by atoms with van der Waals surface area (Å²) in [6, 6.07) is 7.76. The number of fused-ring (bicyclic) bond motifs is 1. The van der Waals surface area contributed by atoms with Gasteiger partial charge in [-0.05, 0) is 17.7 Å². The van der Waals surface area contributed by atoms with Crippen molar-refractivity contribution in [2.24, 2.45) is 21.1 Å². The molecule has 3 aromatic rings. The normalized spacial score (nSPS) is 11.2. The summed E-state index contributed by atoms with van der Waals surface area (Å²) in [6.45, 7) is 0. The predicted molar refractivity (Wildman–Crippen MR) is 86.5 cm³/mol. The zero-order chi connectivity index (χ0) is 15.3. The van der Waals surface area contributed by atoms with Gasteiger partial charge < -0.3 is 4.57 Å². The van der Waals surface area contributed by atoms with Gasteiger partial charge in [0.2, 0.25) is 0 Å².